The number of benzene rings is 3. The number of phenols is 1. The Kier molecular flexibility index (Phi) is 19.0. The third-order valence-corrected chi connectivity index (χ3v) is 12.2. The predicted molar refractivity (Wildman–Crippen MR) is 282 cm³/mol. The molecule has 12 N–H and O–H groups in total. The van der Waals surface area contributed by atoms with Gasteiger partial charge >= 0.3 is 12.0 Å². The molecule has 1 aliphatic heterocycles. The van der Waals surface area contributed by atoms with E-state index in [2.05, 4.69) is 51.9 Å². The van der Waals surface area contributed by atoms with Crippen molar-refractivity contribution in [3.63, 3.8) is 0 Å². The lowest BCUT2D eigenvalue weighted by Gasteiger charge is -2.27. The van der Waals surface area contributed by atoms with E-state index in [1.54, 1.807) is 65.8 Å². The van der Waals surface area contributed by atoms with Gasteiger partial charge in [0.2, 0.25) is 17.8 Å². The minimum atomic E-state index is -1.30. The third kappa shape index (κ3) is 14.7. The van der Waals surface area contributed by atoms with Gasteiger partial charge < -0.3 is 67.2 Å². The Bertz CT molecular complexity index is 3120. The Balaban J connectivity index is 0.671. The number of nitrogens with one attached hydrogen (secondary N) is 6. The minimum absolute atomic E-state index is 0.0112. The molecule has 8 rings (SSSR count). The smallest absolute Gasteiger partial charge is 0.333 e. The van der Waals surface area contributed by atoms with E-state index in [1.165, 1.54) is 16.8 Å². The topological polar surface area (TPSA) is 377 Å². The number of urea groups is 1. The Morgan fingerprint density at radius 3 is 2.19 bits per heavy atom. The summed E-state index contributed by atoms with van der Waals surface area (Å²) in [5.74, 6) is -2.87. The molecule has 4 heterocycles. The molecule has 3 aromatic heterocycles. The lowest BCUT2D eigenvalue weighted by molar-refractivity contribution is -0.139. The molecule has 27 heteroatoms. The zero-order chi connectivity index (χ0) is 55.0. The summed E-state index contributed by atoms with van der Waals surface area (Å²) in [7, 11) is 0. The van der Waals surface area contributed by atoms with Crippen molar-refractivity contribution in [3.8, 4) is 28.3 Å². The van der Waals surface area contributed by atoms with Crippen LogP contribution >= 0.6 is 0 Å². The Labute approximate surface area is 445 Å². The van der Waals surface area contributed by atoms with Gasteiger partial charge in [0.1, 0.15) is 24.0 Å². The molecule has 27 nitrogen and oxygen atoms in total. The number of carboxylic acids is 1. The van der Waals surface area contributed by atoms with Gasteiger partial charge in [0.25, 0.3) is 5.91 Å². The number of ketones is 1. The molecular formula is C51H59N15O12. The zero-order valence-corrected chi connectivity index (χ0v) is 42.3. The largest absolute Gasteiger partial charge is 0.508 e. The van der Waals surface area contributed by atoms with Gasteiger partial charge in [-0.15, -0.1) is 0 Å². The van der Waals surface area contributed by atoms with Gasteiger partial charge in [0.05, 0.1) is 87.3 Å². The first-order valence-corrected chi connectivity index (χ1v) is 25.0. The van der Waals surface area contributed by atoms with Crippen molar-refractivity contribution < 1.29 is 57.9 Å². The van der Waals surface area contributed by atoms with Crippen molar-refractivity contribution in [2.75, 3.05) is 108 Å². The molecule has 5 amide bonds. The van der Waals surface area contributed by atoms with Crippen molar-refractivity contribution in [3.05, 3.63) is 95.3 Å². The molecule has 6 aromatic rings. The SMILES string of the molecule is Nc1nc(N)c2nc(CCNc3ccc(C(=O)N[C@@H](CCC(=O)NCCOCCOCCOCCNC(=O)Cn4nc5c(c4-c4ccc(O)cc4)C(=O)c4c(NC(=O)NN6CCOCC6)cccc4-5)C(=O)O)cc3)cnc2n1. The lowest BCUT2D eigenvalue weighted by Crippen LogP contribution is -2.49. The number of aromatic hydroxyl groups is 1. The minimum Gasteiger partial charge on any atom is -0.508 e. The molecule has 0 radical (unpaired) electrons. The van der Waals surface area contributed by atoms with Crippen LogP contribution in [0.25, 0.3) is 33.7 Å². The van der Waals surface area contributed by atoms with Gasteiger partial charge in [-0.25, -0.2) is 24.6 Å². The van der Waals surface area contributed by atoms with Crippen molar-refractivity contribution in [2.24, 2.45) is 0 Å². The van der Waals surface area contributed by atoms with Gasteiger partial charge in [-0.3, -0.25) is 29.3 Å². The number of aliphatic carboxylic acids is 1. The maximum Gasteiger partial charge on any atom is 0.333 e. The Morgan fingerprint density at radius 1 is 0.795 bits per heavy atom. The number of carbonyl (C=O) groups is 6. The number of nitrogens with zero attached hydrogens (tertiary/aromatic N) is 7. The number of morpholine rings is 1. The number of nitrogens with two attached hydrogens (primary N) is 2. The molecule has 1 atom stereocenters. The maximum atomic E-state index is 14.2. The highest BCUT2D eigenvalue weighted by atomic mass is 16.5. The number of hydrazine groups is 1. The number of phenolic OH excluding ortho intramolecular Hbond substituents is 1. The van der Waals surface area contributed by atoms with Crippen molar-refractivity contribution in [1.29, 1.82) is 0 Å². The summed E-state index contributed by atoms with van der Waals surface area (Å²) in [5.41, 5.74) is 19.2. The van der Waals surface area contributed by atoms with Gasteiger partial charge in [-0.05, 0) is 61.0 Å². The quantitative estimate of drug-likeness (QED) is 0.0325. The Morgan fingerprint density at radius 2 is 1.49 bits per heavy atom. The molecule has 410 valence electrons. The number of rotatable bonds is 27. The molecule has 2 aliphatic rings. The van der Waals surface area contributed by atoms with E-state index < -0.39 is 29.9 Å². The summed E-state index contributed by atoms with van der Waals surface area (Å²) in [5, 5.41) is 40.1. The number of amides is 5. The average Bonchev–Trinajstić information content (AvgIpc) is 4.09. The normalized spacial score (nSPS) is 13.3. The van der Waals surface area contributed by atoms with Crippen LogP contribution < -0.4 is 43.5 Å². The van der Waals surface area contributed by atoms with Crippen molar-refractivity contribution >= 4 is 69.8 Å². The van der Waals surface area contributed by atoms with E-state index in [0.717, 1.165) is 0 Å². The highest BCUT2D eigenvalue weighted by Crippen LogP contribution is 2.44. The van der Waals surface area contributed by atoms with E-state index in [-0.39, 0.29) is 118 Å². The molecular weight excluding hydrogens is 1010 g/mol. The number of carbonyl (C=O) groups excluding carboxylic acids is 5. The molecule has 0 unspecified atom stereocenters. The summed E-state index contributed by atoms with van der Waals surface area (Å²) in [4.78, 5) is 94.1. The predicted octanol–water partition coefficient (Wildman–Crippen LogP) is 1.33. The fourth-order valence-electron chi connectivity index (χ4n) is 8.38. The highest BCUT2D eigenvalue weighted by Gasteiger charge is 2.37. The van der Waals surface area contributed by atoms with Crippen LogP contribution in [-0.4, -0.2) is 172 Å². The number of fused-ring (bicyclic) bond motifs is 4. The average molecular weight is 1070 g/mol. The second-order valence-electron chi connectivity index (χ2n) is 17.7. The van der Waals surface area contributed by atoms with Crippen molar-refractivity contribution in [1.82, 2.24) is 56.1 Å². The number of nitrogen functional groups attached to an aromatic ring is 2. The molecule has 1 aliphatic carbocycles. The van der Waals surface area contributed by atoms with Gasteiger partial charge in [0, 0.05) is 67.9 Å². The van der Waals surface area contributed by atoms with Crippen LogP contribution in [0.1, 0.15) is 44.8 Å². The first-order chi connectivity index (χ1) is 37.8. The van der Waals surface area contributed by atoms with Gasteiger partial charge in [0.15, 0.2) is 22.8 Å². The summed E-state index contributed by atoms with van der Waals surface area (Å²) < 4.78 is 23.4. The number of hydrogen-bond donors (Lipinski definition) is 10. The second-order valence-corrected chi connectivity index (χ2v) is 17.7. The molecule has 0 spiro atoms. The number of carboxylic acid groups (broad SMARTS) is 1. The van der Waals surface area contributed by atoms with E-state index in [4.69, 9.17) is 35.5 Å². The molecule has 0 saturated carbocycles. The van der Waals surface area contributed by atoms with Crippen LogP contribution in [0.3, 0.4) is 0 Å². The molecule has 0 bridgehead atoms. The maximum absolute atomic E-state index is 14.2. The zero-order valence-electron chi connectivity index (χ0n) is 42.3. The van der Waals surface area contributed by atoms with Crippen LogP contribution in [-0.2, 0) is 46.3 Å². The fraction of sp³-hybridized carbons (Fsp3) is 0.353. The summed E-state index contributed by atoms with van der Waals surface area (Å²) in [6.45, 7) is 4.00. The molecule has 1 saturated heterocycles. The summed E-state index contributed by atoms with van der Waals surface area (Å²) in [6.07, 6.45) is 1.80. The van der Waals surface area contributed by atoms with Crippen LogP contribution in [0.5, 0.6) is 5.75 Å². The number of anilines is 4. The van der Waals surface area contributed by atoms with E-state index in [1.807, 2.05) is 0 Å². The monoisotopic (exact) mass is 1070 g/mol. The summed E-state index contributed by atoms with van der Waals surface area (Å²) >= 11 is 0. The first-order valence-electron chi connectivity index (χ1n) is 25.0. The van der Waals surface area contributed by atoms with E-state index >= 15 is 0 Å². The molecule has 3 aromatic carbocycles. The summed E-state index contributed by atoms with van der Waals surface area (Å²) in [6, 6.07) is 16.0. The van der Waals surface area contributed by atoms with Crippen LogP contribution in [0.2, 0.25) is 0 Å². The number of hydrogen-bond acceptors (Lipinski definition) is 20. The van der Waals surface area contributed by atoms with Crippen molar-refractivity contribution in [2.45, 2.75) is 31.8 Å². The van der Waals surface area contributed by atoms with Crippen LogP contribution in [0.15, 0.2) is 72.9 Å². The first kappa shape index (κ1) is 55.3. The second kappa shape index (κ2) is 26.7. The fourth-order valence-corrected chi connectivity index (χ4v) is 8.38. The standard InChI is InChI=1S/C51H59N15O12/c52-46-43-47(62-50(53)61-46)57-28-33(58-43)14-15-54-32-8-4-31(5-9-32)48(71)59-37(49(72)73)12-13-38(68)55-16-20-75-24-26-78-27-25-76-21-17-56-39(69)29-66-44(30-6-10-34(67)11-7-30)41-42(63-66)35-2-1-3-36(40(35)45(41)70)60-51(74)64-65-18-22-77-23-19-65/h1-11,28,37,54,67H,12-27,29H2,(H,55,68)(H,56,69)(H,59,71)(H,72,73)(H2,60,64,74)(H4,52,53,57,61,62)/t37-/m0/s1. The van der Waals surface area contributed by atoms with Gasteiger partial charge in [-0.2, -0.15) is 15.1 Å². The lowest BCUT2D eigenvalue weighted by atomic mass is 10.0. The Hall–Kier alpha value is -8.89. The number of aromatic nitrogens is 6. The van der Waals surface area contributed by atoms with Gasteiger partial charge in [-0.1, -0.05) is 12.1 Å². The molecule has 78 heavy (non-hydrogen) atoms. The van der Waals surface area contributed by atoms with Crippen LogP contribution in [0, 0.1) is 0 Å². The molecule has 1 fully saturated rings. The number of ether oxygens (including phenoxy) is 4. The highest BCUT2D eigenvalue weighted by molar-refractivity contribution is 6.27. The van der Waals surface area contributed by atoms with Crippen LogP contribution in [0.4, 0.5) is 27.9 Å². The third-order valence-electron chi connectivity index (χ3n) is 12.2. The van der Waals surface area contributed by atoms with E-state index in [0.29, 0.717) is 90.0 Å². The van der Waals surface area contributed by atoms with E-state index in [9.17, 15) is 39.0 Å².